The molecular formula is C16H25FN4O. The molecular weight excluding hydrogens is 283 g/mol. The Morgan fingerprint density at radius 2 is 1.82 bits per heavy atom. The van der Waals surface area contributed by atoms with Crippen molar-refractivity contribution in [3.63, 3.8) is 0 Å². The summed E-state index contributed by atoms with van der Waals surface area (Å²) in [5, 5.41) is 2.89. The molecule has 1 fully saturated rings. The van der Waals surface area contributed by atoms with Crippen molar-refractivity contribution in [2.45, 2.75) is 6.54 Å². The summed E-state index contributed by atoms with van der Waals surface area (Å²) in [6.07, 6.45) is 0. The van der Waals surface area contributed by atoms with E-state index in [0.717, 1.165) is 44.8 Å². The average Bonchev–Trinajstić information content (AvgIpc) is 2.52. The maximum absolute atomic E-state index is 12.8. The normalized spacial score (nSPS) is 16.1. The molecule has 6 heteroatoms. The monoisotopic (exact) mass is 308 g/mol. The number of hydrogen-bond donors (Lipinski definition) is 1. The maximum Gasteiger partial charge on any atom is 0.317 e. The Morgan fingerprint density at radius 3 is 2.41 bits per heavy atom. The van der Waals surface area contributed by atoms with Crippen LogP contribution in [0.1, 0.15) is 5.56 Å². The molecule has 1 heterocycles. The van der Waals surface area contributed by atoms with Crippen molar-refractivity contribution in [3.8, 4) is 0 Å². The van der Waals surface area contributed by atoms with Gasteiger partial charge in [0.1, 0.15) is 5.82 Å². The van der Waals surface area contributed by atoms with Gasteiger partial charge in [-0.05, 0) is 31.8 Å². The second kappa shape index (κ2) is 8.10. The molecule has 2 rings (SSSR count). The number of hydrogen-bond acceptors (Lipinski definition) is 3. The van der Waals surface area contributed by atoms with E-state index in [9.17, 15) is 9.18 Å². The minimum absolute atomic E-state index is 0.0448. The molecule has 2 amide bonds. The van der Waals surface area contributed by atoms with Gasteiger partial charge in [-0.3, -0.25) is 4.90 Å². The van der Waals surface area contributed by atoms with Crippen molar-refractivity contribution in [1.82, 2.24) is 20.0 Å². The van der Waals surface area contributed by atoms with Crippen LogP contribution in [0.25, 0.3) is 0 Å². The summed E-state index contributed by atoms with van der Waals surface area (Å²) < 4.78 is 12.8. The minimum Gasteiger partial charge on any atom is -0.334 e. The highest BCUT2D eigenvalue weighted by Crippen LogP contribution is 2.05. The lowest BCUT2D eigenvalue weighted by molar-refractivity contribution is 0.133. The zero-order valence-corrected chi connectivity index (χ0v) is 13.4. The van der Waals surface area contributed by atoms with Crippen LogP contribution in [-0.2, 0) is 6.54 Å². The maximum atomic E-state index is 12.8. The molecule has 0 aromatic heterocycles. The second-order valence-corrected chi connectivity index (χ2v) is 5.92. The van der Waals surface area contributed by atoms with Gasteiger partial charge in [-0.25, -0.2) is 9.18 Å². The molecule has 0 saturated carbocycles. The molecule has 1 N–H and O–H groups in total. The van der Waals surface area contributed by atoms with Crippen molar-refractivity contribution < 1.29 is 9.18 Å². The molecule has 0 aliphatic carbocycles. The van der Waals surface area contributed by atoms with E-state index in [4.69, 9.17) is 0 Å². The number of amides is 2. The van der Waals surface area contributed by atoms with Crippen molar-refractivity contribution in [2.24, 2.45) is 0 Å². The van der Waals surface area contributed by atoms with E-state index in [1.807, 2.05) is 4.90 Å². The number of halogens is 1. The van der Waals surface area contributed by atoms with Crippen LogP contribution in [0.3, 0.4) is 0 Å². The highest BCUT2D eigenvalue weighted by atomic mass is 19.1. The first-order valence-electron chi connectivity index (χ1n) is 7.69. The van der Waals surface area contributed by atoms with E-state index < -0.39 is 0 Å². The van der Waals surface area contributed by atoms with Crippen LogP contribution in [0, 0.1) is 5.82 Å². The van der Waals surface area contributed by atoms with Crippen LogP contribution in [0.5, 0.6) is 0 Å². The van der Waals surface area contributed by atoms with E-state index in [1.54, 1.807) is 12.1 Å². The third-order valence-electron chi connectivity index (χ3n) is 3.88. The largest absolute Gasteiger partial charge is 0.334 e. The third kappa shape index (κ3) is 5.27. The van der Waals surface area contributed by atoms with Crippen LogP contribution in [0.15, 0.2) is 24.3 Å². The van der Waals surface area contributed by atoms with Crippen LogP contribution in [0.2, 0.25) is 0 Å². The fraction of sp³-hybridized carbons (Fsp3) is 0.562. The van der Waals surface area contributed by atoms with Crippen LogP contribution in [0.4, 0.5) is 9.18 Å². The van der Waals surface area contributed by atoms with Gasteiger partial charge in [-0.15, -0.1) is 0 Å². The predicted molar refractivity (Wildman–Crippen MR) is 85.2 cm³/mol. The van der Waals surface area contributed by atoms with Gasteiger partial charge in [-0.2, -0.15) is 0 Å². The summed E-state index contributed by atoms with van der Waals surface area (Å²) in [5.41, 5.74) is 0.902. The number of nitrogens with one attached hydrogen (secondary N) is 1. The topological polar surface area (TPSA) is 38.8 Å². The first-order valence-corrected chi connectivity index (χ1v) is 7.69. The van der Waals surface area contributed by atoms with Gasteiger partial charge in [0.15, 0.2) is 0 Å². The Bertz CT molecular complexity index is 470. The summed E-state index contributed by atoms with van der Waals surface area (Å²) in [6, 6.07) is 6.15. The van der Waals surface area contributed by atoms with Crippen LogP contribution < -0.4 is 5.32 Å². The molecule has 122 valence electrons. The van der Waals surface area contributed by atoms with Crippen LogP contribution in [-0.4, -0.2) is 74.1 Å². The molecule has 0 bridgehead atoms. The van der Waals surface area contributed by atoms with E-state index in [1.165, 1.54) is 12.1 Å². The third-order valence-corrected chi connectivity index (χ3v) is 3.88. The fourth-order valence-electron chi connectivity index (χ4n) is 2.41. The van der Waals surface area contributed by atoms with Gasteiger partial charge in [0.05, 0.1) is 0 Å². The minimum atomic E-state index is -0.260. The molecule has 1 aliphatic rings. The van der Waals surface area contributed by atoms with E-state index in [0.29, 0.717) is 6.54 Å². The molecule has 0 unspecified atom stereocenters. The first kappa shape index (κ1) is 16.7. The summed E-state index contributed by atoms with van der Waals surface area (Å²) >= 11 is 0. The number of nitrogens with zero attached hydrogens (tertiary/aromatic N) is 3. The second-order valence-electron chi connectivity index (χ2n) is 5.92. The number of carbonyl (C=O) groups excluding carboxylic acids is 1. The number of urea groups is 1. The average molecular weight is 308 g/mol. The van der Waals surface area contributed by atoms with Gasteiger partial charge in [0.2, 0.25) is 0 Å². The van der Waals surface area contributed by atoms with Crippen molar-refractivity contribution in [1.29, 1.82) is 0 Å². The Balaban J connectivity index is 1.69. The molecule has 5 nitrogen and oxygen atoms in total. The van der Waals surface area contributed by atoms with Gasteiger partial charge >= 0.3 is 6.03 Å². The smallest absolute Gasteiger partial charge is 0.317 e. The van der Waals surface area contributed by atoms with Crippen molar-refractivity contribution in [3.05, 3.63) is 35.6 Å². The molecule has 1 aromatic rings. The van der Waals surface area contributed by atoms with Crippen molar-refractivity contribution in [2.75, 3.05) is 53.4 Å². The zero-order valence-electron chi connectivity index (χ0n) is 13.4. The highest BCUT2D eigenvalue weighted by Gasteiger charge is 2.20. The lowest BCUT2D eigenvalue weighted by Crippen LogP contribution is -2.52. The zero-order chi connectivity index (χ0) is 15.9. The SMILES string of the molecule is CN(C)CCN1CCN(C(=O)NCc2ccc(F)cc2)CC1. The molecule has 1 aliphatic heterocycles. The van der Waals surface area contributed by atoms with Gasteiger partial charge < -0.3 is 15.1 Å². The van der Waals surface area contributed by atoms with E-state index in [2.05, 4.69) is 29.2 Å². The van der Waals surface area contributed by atoms with Crippen molar-refractivity contribution >= 4 is 6.03 Å². The number of benzene rings is 1. The molecule has 0 radical (unpaired) electrons. The van der Waals surface area contributed by atoms with E-state index in [-0.39, 0.29) is 11.8 Å². The Kier molecular flexibility index (Phi) is 6.15. The summed E-state index contributed by atoms with van der Waals surface area (Å²) in [4.78, 5) is 18.5. The lowest BCUT2D eigenvalue weighted by Gasteiger charge is -2.35. The summed E-state index contributed by atoms with van der Waals surface area (Å²) in [5.74, 6) is -0.260. The molecule has 22 heavy (non-hydrogen) atoms. The number of piperazine rings is 1. The Labute approximate surface area is 131 Å². The molecule has 1 saturated heterocycles. The number of likely N-dealkylation sites (N-methyl/N-ethyl adjacent to an activating group) is 1. The number of carbonyl (C=O) groups is 1. The standard InChI is InChI=1S/C16H25FN4O/c1-19(2)7-8-20-9-11-21(12-10-20)16(22)18-13-14-3-5-15(17)6-4-14/h3-6H,7-13H2,1-2H3,(H,18,22). The lowest BCUT2D eigenvalue weighted by atomic mass is 10.2. The predicted octanol–water partition coefficient (Wildman–Crippen LogP) is 1.21. The number of rotatable bonds is 5. The van der Waals surface area contributed by atoms with Gasteiger partial charge in [0.25, 0.3) is 0 Å². The quantitative estimate of drug-likeness (QED) is 0.889. The summed E-state index contributed by atoms with van der Waals surface area (Å²) in [6.45, 7) is 5.84. The fourth-order valence-corrected chi connectivity index (χ4v) is 2.41. The summed E-state index contributed by atoms with van der Waals surface area (Å²) in [7, 11) is 4.14. The van der Waals surface area contributed by atoms with Gasteiger partial charge in [0, 0.05) is 45.8 Å². The van der Waals surface area contributed by atoms with E-state index >= 15 is 0 Å². The Hall–Kier alpha value is -1.66. The molecule has 0 spiro atoms. The molecule has 0 atom stereocenters. The van der Waals surface area contributed by atoms with Gasteiger partial charge in [-0.1, -0.05) is 12.1 Å². The first-order chi connectivity index (χ1) is 10.5. The Morgan fingerprint density at radius 1 is 1.18 bits per heavy atom. The molecule has 1 aromatic carbocycles. The van der Waals surface area contributed by atoms with Crippen LogP contribution >= 0.6 is 0 Å². The highest BCUT2D eigenvalue weighted by molar-refractivity contribution is 5.74.